The molecule has 0 bridgehead atoms. The Morgan fingerprint density at radius 3 is 2.37 bits per heavy atom. The van der Waals surface area contributed by atoms with Crippen molar-refractivity contribution in [3.8, 4) is 5.75 Å². The fraction of sp³-hybridized carbons (Fsp3) is 0.250. The van der Waals surface area contributed by atoms with Crippen molar-refractivity contribution < 1.29 is 4.74 Å². The van der Waals surface area contributed by atoms with Gasteiger partial charge in [-0.25, -0.2) is 0 Å². The second-order valence-electron chi connectivity index (χ2n) is 4.32. The number of hydrogen-bond donors (Lipinski definition) is 0. The third-order valence-electron chi connectivity index (χ3n) is 3.01. The summed E-state index contributed by atoms with van der Waals surface area (Å²) in [5, 5.41) is 1.39. The average molecular weight is 340 g/mol. The van der Waals surface area contributed by atoms with E-state index < -0.39 is 0 Å². The third-order valence-corrected chi connectivity index (χ3v) is 3.91. The van der Waals surface area contributed by atoms with Crippen LogP contribution < -0.4 is 4.74 Å². The maximum absolute atomic E-state index is 6.18. The van der Waals surface area contributed by atoms with E-state index >= 15 is 0 Å². The van der Waals surface area contributed by atoms with E-state index in [1.807, 2.05) is 18.2 Å². The number of rotatable bonds is 5. The van der Waals surface area contributed by atoms with Gasteiger partial charge in [0.2, 0.25) is 0 Å². The summed E-state index contributed by atoms with van der Waals surface area (Å²) in [5.41, 5.74) is 3.55. The van der Waals surface area contributed by atoms with Crippen molar-refractivity contribution in [2.45, 2.75) is 25.3 Å². The first-order valence-corrected chi connectivity index (χ1v) is 7.78. The summed E-state index contributed by atoms with van der Waals surface area (Å²) in [7, 11) is 0. The SMILES string of the molecule is CCc1ccc(COc2c(Cl)cccc2CBr)cc1. The molecule has 19 heavy (non-hydrogen) atoms. The fourth-order valence-electron chi connectivity index (χ4n) is 1.85. The Labute approximate surface area is 127 Å². The van der Waals surface area contributed by atoms with E-state index in [0.29, 0.717) is 11.6 Å². The molecule has 0 amide bonds. The van der Waals surface area contributed by atoms with Gasteiger partial charge in [-0.2, -0.15) is 0 Å². The van der Waals surface area contributed by atoms with Gasteiger partial charge in [0.15, 0.2) is 0 Å². The molecule has 100 valence electrons. The second-order valence-corrected chi connectivity index (χ2v) is 5.29. The summed E-state index contributed by atoms with van der Waals surface area (Å²) in [6.07, 6.45) is 1.05. The normalized spacial score (nSPS) is 10.5. The molecule has 3 heteroatoms. The zero-order valence-electron chi connectivity index (χ0n) is 10.8. The van der Waals surface area contributed by atoms with E-state index in [0.717, 1.165) is 28.6 Å². The molecule has 2 rings (SSSR count). The lowest BCUT2D eigenvalue weighted by molar-refractivity contribution is 0.304. The van der Waals surface area contributed by atoms with Gasteiger partial charge in [0.25, 0.3) is 0 Å². The Bertz CT molecular complexity index is 537. The fourth-order valence-corrected chi connectivity index (χ4v) is 2.54. The summed E-state index contributed by atoms with van der Waals surface area (Å²) in [4.78, 5) is 0. The molecule has 0 fully saturated rings. The lowest BCUT2D eigenvalue weighted by atomic mass is 10.1. The number of para-hydroxylation sites is 1. The Hall–Kier alpha value is -0.990. The minimum Gasteiger partial charge on any atom is -0.487 e. The first kappa shape index (κ1) is 14.4. The number of aryl methyl sites for hydroxylation is 1. The highest BCUT2D eigenvalue weighted by molar-refractivity contribution is 9.08. The van der Waals surface area contributed by atoms with Crippen molar-refractivity contribution in [1.29, 1.82) is 0 Å². The molecule has 0 saturated carbocycles. The van der Waals surface area contributed by atoms with E-state index in [1.54, 1.807) is 0 Å². The smallest absolute Gasteiger partial charge is 0.142 e. The molecule has 2 aromatic rings. The molecule has 0 aromatic heterocycles. The van der Waals surface area contributed by atoms with Crippen LogP contribution in [0.5, 0.6) is 5.75 Å². The zero-order chi connectivity index (χ0) is 13.7. The van der Waals surface area contributed by atoms with Crippen molar-refractivity contribution in [2.75, 3.05) is 0 Å². The number of ether oxygens (including phenoxy) is 1. The topological polar surface area (TPSA) is 9.23 Å². The van der Waals surface area contributed by atoms with Gasteiger partial charge in [0.1, 0.15) is 12.4 Å². The van der Waals surface area contributed by atoms with E-state index in [2.05, 4.69) is 47.1 Å². The first-order chi connectivity index (χ1) is 9.24. The van der Waals surface area contributed by atoms with Crippen LogP contribution in [-0.2, 0) is 18.4 Å². The zero-order valence-corrected chi connectivity index (χ0v) is 13.2. The lowest BCUT2D eigenvalue weighted by Crippen LogP contribution is -1.98. The highest BCUT2D eigenvalue weighted by Gasteiger charge is 2.07. The minimum atomic E-state index is 0.535. The molecular formula is C16H16BrClO. The molecule has 0 aliphatic carbocycles. The van der Waals surface area contributed by atoms with Gasteiger partial charge in [-0.1, -0.05) is 70.9 Å². The quantitative estimate of drug-likeness (QED) is 0.665. The van der Waals surface area contributed by atoms with Crippen LogP contribution in [0.15, 0.2) is 42.5 Å². The predicted molar refractivity (Wildman–Crippen MR) is 84.2 cm³/mol. The van der Waals surface area contributed by atoms with Crippen molar-refractivity contribution in [3.05, 3.63) is 64.2 Å². The van der Waals surface area contributed by atoms with E-state index in [9.17, 15) is 0 Å². The van der Waals surface area contributed by atoms with E-state index in [4.69, 9.17) is 16.3 Å². The van der Waals surface area contributed by atoms with Crippen LogP contribution in [0.3, 0.4) is 0 Å². The Balaban J connectivity index is 2.09. The minimum absolute atomic E-state index is 0.535. The first-order valence-electron chi connectivity index (χ1n) is 6.28. The van der Waals surface area contributed by atoms with Crippen LogP contribution in [0.4, 0.5) is 0 Å². The van der Waals surface area contributed by atoms with Crippen LogP contribution in [0.25, 0.3) is 0 Å². The van der Waals surface area contributed by atoms with Gasteiger partial charge in [-0.3, -0.25) is 0 Å². The molecule has 2 aromatic carbocycles. The Morgan fingerprint density at radius 2 is 1.74 bits per heavy atom. The van der Waals surface area contributed by atoms with Crippen LogP contribution >= 0.6 is 27.5 Å². The molecule has 1 nitrogen and oxygen atoms in total. The lowest BCUT2D eigenvalue weighted by Gasteiger charge is -2.12. The van der Waals surface area contributed by atoms with Crippen LogP contribution in [-0.4, -0.2) is 0 Å². The van der Waals surface area contributed by atoms with Crippen LogP contribution in [0.2, 0.25) is 5.02 Å². The molecule has 0 aliphatic heterocycles. The highest BCUT2D eigenvalue weighted by atomic mass is 79.9. The van der Waals surface area contributed by atoms with Crippen molar-refractivity contribution >= 4 is 27.5 Å². The molecule has 0 spiro atoms. The maximum Gasteiger partial charge on any atom is 0.142 e. The van der Waals surface area contributed by atoms with Crippen molar-refractivity contribution in [1.82, 2.24) is 0 Å². The molecule has 0 unspecified atom stereocenters. The van der Waals surface area contributed by atoms with Gasteiger partial charge >= 0.3 is 0 Å². The predicted octanol–water partition coefficient (Wildman–Crippen LogP) is 5.38. The number of hydrogen-bond acceptors (Lipinski definition) is 1. The van der Waals surface area contributed by atoms with E-state index in [-0.39, 0.29) is 0 Å². The number of benzene rings is 2. The largest absolute Gasteiger partial charge is 0.487 e. The molecule has 0 heterocycles. The summed E-state index contributed by atoms with van der Waals surface area (Å²) in [6, 6.07) is 14.3. The Kier molecular flexibility index (Phi) is 5.29. The van der Waals surface area contributed by atoms with Gasteiger partial charge in [0, 0.05) is 10.9 Å². The maximum atomic E-state index is 6.18. The summed E-state index contributed by atoms with van der Waals surface area (Å²) in [5.74, 6) is 0.764. The third kappa shape index (κ3) is 3.74. The average Bonchev–Trinajstić information content (AvgIpc) is 2.46. The van der Waals surface area contributed by atoms with Crippen molar-refractivity contribution in [2.24, 2.45) is 0 Å². The molecule has 0 N–H and O–H groups in total. The Morgan fingerprint density at radius 1 is 1.05 bits per heavy atom. The van der Waals surface area contributed by atoms with Crippen LogP contribution in [0, 0.1) is 0 Å². The number of alkyl halides is 1. The molecular weight excluding hydrogens is 324 g/mol. The molecule has 0 aliphatic rings. The van der Waals surface area contributed by atoms with Crippen molar-refractivity contribution in [3.63, 3.8) is 0 Å². The van der Waals surface area contributed by atoms with E-state index in [1.165, 1.54) is 5.56 Å². The summed E-state index contributed by atoms with van der Waals surface area (Å²) in [6.45, 7) is 2.69. The van der Waals surface area contributed by atoms with Gasteiger partial charge in [-0.15, -0.1) is 0 Å². The van der Waals surface area contributed by atoms with Crippen LogP contribution in [0.1, 0.15) is 23.6 Å². The van der Waals surface area contributed by atoms with Gasteiger partial charge in [0.05, 0.1) is 5.02 Å². The monoisotopic (exact) mass is 338 g/mol. The van der Waals surface area contributed by atoms with Gasteiger partial charge in [-0.05, 0) is 23.6 Å². The summed E-state index contributed by atoms with van der Waals surface area (Å²) >= 11 is 9.63. The number of halogens is 2. The molecule has 0 saturated heterocycles. The van der Waals surface area contributed by atoms with Gasteiger partial charge < -0.3 is 4.74 Å². The summed E-state index contributed by atoms with van der Waals surface area (Å²) < 4.78 is 5.86. The second kappa shape index (κ2) is 6.97. The molecule has 0 radical (unpaired) electrons. The standard InChI is InChI=1S/C16H16BrClO/c1-2-12-6-8-13(9-7-12)11-19-16-14(10-17)4-3-5-15(16)18/h3-9H,2,10-11H2,1H3. The molecule has 0 atom stereocenters. The highest BCUT2D eigenvalue weighted by Crippen LogP contribution is 2.30.